The van der Waals surface area contributed by atoms with E-state index >= 15 is 0 Å². The summed E-state index contributed by atoms with van der Waals surface area (Å²) in [6, 6.07) is 7.08. The zero-order valence-corrected chi connectivity index (χ0v) is 14.3. The molecule has 1 heterocycles. The summed E-state index contributed by atoms with van der Waals surface area (Å²) in [6.07, 6.45) is 2.55. The van der Waals surface area contributed by atoms with Gasteiger partial charge in [-0.2, -0.15) is 0 Å². The van der Waals surface area contributed by atoms with Gasteiger partial charge in [0.1, 0.15) is 12.3 Å². The average Bonchev–Trinajstić information content (AvgIpc) is 3.32. The van der Waals surface area contributed by atoms with Crippen molar-refractivity contribution in [3.63, 3.8) is 0 Å². The second-order valence-electron chi connectivity index (χ2n) is 6.45. The fourth-order valence-electron chi connectivity index (χ4n) is 3.01. The number of quaternary nitrogens is 1. The van der Waals surface area contributed by atoms with Crippen molar-refractivity contribution < 1.29 is 9.64 Å². The number of thiocarbonyl (C=S) groups is 1. The Morgan fingerprint density at radius 3 is 2.73 bits per heavy atom. The van der Waals surface area contributed by atoms with E-state index < -0.39 is 0 Å². The van der Waals surface area contributed by atoms with Crippen molar-refractivity contribution in [2.75, 3.05) is 33.3 Å². The first kappa shape index (κ1) is 15.6. The molecule has 2 aliphatic rings. The number of benzene rings is 1. The highest BCUT2D eigenvalue weighted by Gasteiger charge is 2.27. The molecule has 3 rings (SSSR count). The Kier molecular flexibility index (Phi) is 4.84. The first-order valence-corrected chi connectivity index (χ1v) is 8.59. The lowest BCUT2D eigenvalue weighted by molar-refractivity contribution is -0.917. The summed E-state index contributed by atoms with van der Waals surface area (Å²) in [7, 11) is 1.75. The second kappa shape index (κ2) is 6.84. The molecule has 0 unspecified atom stereocenters. The molecule has 1 saturated carbocycles. The quantitative estimate of drug-likeness (QED) is 0.801. The van der Waals surface area contributed by atoms with E-state index in [2.05, 4.69) is 35.3 Å². The summed E-state index contributed by atoms with van der Waals surface area (Å²) in [5, 5.41) is 4.40. The first-order valence-electron chi connectivity index (χ1n) is 8.18. The largest absolute Gasteiger partial charge is 0.496 e. The van der Waals surface area contributed by atoms with Crippen molar-refractivity contribution >= 4 is 17.3 Å². The summed E-state index contributed by atoms with van der Waals surface area (Å²) in [5.41, 5.74) is 2.60. The average molecular weight is 320 g/mol. The molecule has 1 saturated heterocycles. The van der Waals surface area contributed by atoms with Crippen molar-refractivity contribution in [1.82, 2.24) is 10.2 Å². The van der Waals surface area contributed by atoms with E-state index in [0.717, 1.165) is 43.6 Å². The monoisotopic (exact) mass is 320 g/mol. The number of ether oxygens (including phenoxy) is 1. The van der Waals surface area contributed by atoms with Gasteiger partial charge in [0.05, 0.1) is 33.3 Å². The van der Waals surface area contributed by atoms with Crippen LogP contribution in [0.4, 0.5) is 0 Å². The number of hydrogen-bond donors (Lipinski definition) is 2. The predicted octanol–water partition coefficient (Wildman–Crippen LogP) is 0.741. The van der Waals surface area contributed by atoms with Gasteiger partial charge in [0.15, 0.2) is 5.11 Å². The number of piperazine rings is 1. The van der Waals surface area contributed by atoms with Gasteiger partial charge in [0, 0.05) is 11.6 Å². The van der Waals surface area contributed by atoms with Gasteiger partial charge in [-0.15, -0.1) is 0 Å². The molecule has 22 heavy (non-hydrogen) atoms. The first-order chi connectivity index (χ1) is 10.7. The van der Waals surface area contributed by atoms with Crippen LogP contribution in [0.2, 0.25) is 0 Å². The van der Waals surface area contributed by atoms with E-state index in [1.165, 1.54) is 24.0 Å². The van der Waals surface area contributed by atoms with Crippen LogP contribution in [0.25, 0.3) is 0 Å². The zero-order valence-electron chi connectivity index (χ0n) is 13.5. The van der Waals surface area contributed by atoms with E-state index in [4.69, 9.17) is 17.0 Å². The van der Waals surface area contributed by atoms with E-state index in [-0.39, 0.29) is 0 Å². The normalized spacial score (nSPS) is 19.1. The zero-order chi connectivity index (χ0) is 15.5. The number of rotatable bonds is 4. The van der Waals surface area contributed by atoms with Crippen LogP contribution in [-0.4, -0.2) is 49.3 Å². The Bertz CT molecular complexity index is 537. The van der Waals surface area contributed by atoms with Crippen molar-refractivity contribution in [1.29, 1.82) is 0 Å². The highest BCUT2D eigenvalue weighted by Crippen LogP contribution is 2.19. The minimum absolute atomic E-state index is 0.648. The Balaban J connectivity index is 1.53. The summed E-state index contributed by atoms with van der Waals surface area (Å²) in [5.74, 6) is 1.01. The summed E-state index contributed by atoms with van der Waals surface area (Å²) in [4.78, 5) is 3.93. The van der Waals surface area contributed by atoms with E-state index in [1.54, 1.807) is 12.0 Å². The van der Waals surface area contributed by atoms with Gasteiger partial charge < -0.3 is 19.9 Å². The van der Waals surface area contributed by atoms with Gasteiger partial charge in [-0.05, 0) is 44.1 Å². The molecule has 0 amide bonds. The maximum atomic E-state index is 5.50. The van der Waals surface area contributed by atoms with Crippen molar-refractivity contribution in [2.45, 2.75) is 32.4 Å². The van der Waals surface area contributed by atoms with E-state index in [1.807, 2.05) is 0 Å². The summed E-state index contributed by atoms with van der Waals surface area (Å²) < 4.78 is 5.50. The SMILES string of the molecule is COc1ccc(C)cc1C[NH+]1CCN(C(=S)NC2CC2)CC1. The molecule has 0 aromatic heterocycles. The van der Waals surface area contributed by atoms with Crippen LogP contribution >= 0.6 is 12.2 Å². The molecule has 1 aliphatic carbocycles. The van der Waals surface area contributed by atoms with Crippen molar-refractivity contribution in [3.05, 3.63) is 29.3 Å². The minimum atomic E-state index is 0.648. The van der Waals surface area contributed by atoms with Crippen LogP contribution in [0.3, 0.4) is 0 Å². The molecule has 1 aromatic carbocycles. The molecule has 2 fully saturated rings. The molecular formula is C17H26N3OS+. The molecular weight excluding hydrogens is 294 g/mol. The van der Waals surface area contributed by atoms with Crippen LogP contribution in [-0.2, 0) is 6.54 Å². The molecule has 1 aromatic rings. The van der Waals surface area contributed by atoms with Gasteiger partial charge >= 0.3 is 0 Å². The maximum absolute atomic E-state index is 5.50. The molecule has 0 bridgehead atoms. The Labute approximate surface area is 138 Å². The molecule has 0 spiro atoms. The fourth-order valence-corrected chi connectivity index (χ4v) is 3.36. The van der Waals surface area contributed by atoms with Crippen LogP contribution in [0.5, 0.6) is 5.75 Å². The Morgan fingerprint density at radius 1 is 1.36 bits per heavy atom. The Hall–Kier alpha value is -1.33. The topological polar surface area (TPSA) is 28.9 Å². The van der Waals surface area contributed by atoms with Crippen molar-refractivity contribution in [3.8, 4) is 5.75 Å². The minimum Gasteiger partial charge on any atom is -0.496 e. The third kappa shape index (κ3) is 3.90. The smallest absolute Gasteiger partial charge is 0.169 e. The standard InChI is InChI=1S/C17H25N3OS/c1-13-3-6-16(21-2)14(11-13)12-19-7-9-20(10-8-19)17(22)18-15-4-5-15/h3,6,11,15H,4-5,7-10,12H2,1-2H3,(H,18,22)/p+1. The molecule has 2 N–H and O–H groups in total. The van der Waals surface area contributed by atoms with Crippen LogP contribution in [0, 0.1) is 6.92 Å². The van der Waals surface area contributed by atoms with Crippen LogP contribution < -0.4 is 15.0 Å². The number of hydrogen-bond acceptors (Lipinski definition) is 2. The molecule has 4 nitrogen and oxygen atoms in total. The van der Waals surface area contributed by atoms with Crippen LogP contribution in [0.15, 0.2) is 18.2 Å². The predicted molar refractivity (Wildman–Crippen MR) is 92.5 cm³/mol. The van der Waals surface area contributed by atoms with Crippen molar-refractivity contribution in [2.24, 2.45) is 0 Å². The fraction of sp³-hybridized carbons (Fsp3) is 0.588. The van der Waals surface area contributed by atoms with E-state index in [9.17, 15) is 0 Å². The van der Waals surface area contributed by atoms with E-state index in [0.29, 0.717) is 6.04 Å². The van der Waals surface area contributed by atoms with Gasteiger partial charge in [0.2, 0.25) is 0 Å². The number of aryl methyl sites for hydroxylation is 1. The third-order valence-electron chi connectivity index (χ3n) is 4.54. The lowest BCUT2D eigenvalue weighted by Crippen LogP contribution is -3.13. The van der Waals surface area contributed by atoms with Crippen LogP contribution in [0.1, 0.15) is 24.0 Å². The number of nitrogens with zero attached hydrogens (tertiary/aromatic N) is 1. The van der Waals surface area contributed by atoms with Gasteiger partial charge in [-0.3, -0.25) is 0 Å². The van der Waals surface area contributed by atoms with Gasteiger partial charge in [-0.1, -0.05) is 11.6 Å². The maximum Gasteiger partial charge on any atom is 0.169 e. The Morgan fingerprint density at radius 2 is 2.09 bits per heavy atom. The lowest BCUT2D eigenvalue weighted by Gasteiger charge is -2.34. The summed E-state index contributed by atoms with van der Waals surface area (Å²) >= 11 is 5.50. The number of methoxy groups -OCH3 is 1. The number of nitrogens with one attached hydrogen (secondary N) is 2. The molecule has 0 radical (unpaired) electrons. The summed E-state index contributed by atoms with van der Waals surface area (Å²) in [6.45, 7) is 7.51. The molecule has 0 atom stereocenters. The molecule has 120 valence electrons. The highest BCUT2D eigenvalue weighted by molar-refractivity contribution is 7.80. The highest BCUT2D eigenvalue weighted by atomic mass is 32.1. The van der Waals surface area contributed by atoms with Gasteiger partial charge in [-0.25, -0.2) is 0 Å². The third-order valence-corrected chi connectivity index (χ3v) is 4.92. The molecule has 1 aliphatic heterocycles. The van der Waals surface area contributed by atoms with Gasteiger partial charge in [0.25, 0.3) is 0 Å². The lowest BCUT2D eigenvalue weighted by atomic mass is 10.1. The second-order valence-corrected chi connectivity index (χ2v) is 6.84. The molecule has 5 heteroatoms.